The second kappa shape index (κ2) is 8.91. The summed E-state index contributed by atoms with van der Waals surface area (Å²) in [6.45, 7) is 2.72. The summed E-state index contributed by atoms with van der Waals surface area (Å²) in [7, 11) is 1.89. The van der Waals surface area contributed by atoms with Crippen LogP contribution in [-0.4, -0.2) is 25.5 Å². The highest BCUT2D eigenvalue weighted by Gasteiger charge is 2.05. The lowest BCUT2D eigenvalue weighted by Gasteiger charge is -2.10. The minimum absolute atomic E-state index is 0. The Morgan fingerprint density at radius 3 is 2.82 bits per heavy atom. The molecule has 3 nitrogen and oxygen atoms in total. The predicted molar refractivity (Wildman–Crippen MR) is 79.1 cm³/mol. The van der Waals surface area contributed by atoms with E-state index in [1.165, 1.54) is 4.88 Å². The van der Waals surface area contributed by atoms with Crippen LogP contribution in [0.2, 0.25) is 0 Å². The summed E-state index contributed by atoms with van der Waals surface area (Å²) in [5, 5.41) is 8.02. The number of likely N-dealkylation sites (N-methyl/N-ethyl adjacent to an activating group) is 1. The topological polar surface area (TPSA) is 41.1 Å². The number of hydrogen-bond acceptors (Lipinski definition) is 3. The number of thiophene rings is 1. The van der Waals surface area contributed by atoms with Crippen LogP contribution in [0.3, 0.4) is 0 Å². The van der Waals surface area contributed by atoms with Gasteiger partial charge in [-0.05, 0) is 42.4 Å². The van der Waals surface area contributed by atoms with Crippen LogP contribution in [-0.2, 0) is 11.2 Å². The highest BCUT2D eigenvalue weighted by molar-refractivity contribution is 9.10. The van der Waals surface area contributed by atoms with Crippen molar-refractivity contribution in [3.8, 4) is 0 Å². The van der Waals surface area contributed by atoms with E-state index < -0.39 is 0 Å². The molecule has 1 amide bonds. The van der Waals surface area contributed by atoms with Crippen molar-refractivity contribution < 1.29 is 4.79 Å². The summed E-state index contributed by atoms with van der Waals surface area (Å²) >= 11 is 5.08. The van der Waals surface area contributed by atoms with Gasteiger partial charge in [-0.1, -0.05) is 0 Å². The van der Waals surface area contributed by atoms with Gasteiger partial charge in [0.2, 0.25) is 5.91 Å². The van der Waals surface area contributed by atoms with Crippen molar-refractivity contribution in [3.05, 3.63) is 20.8 Å². The monoisotopic (exact) mass is 340 g/mol. The van der Waals surface area contributed by atoms with E-state index in [0.717, 1.165) is 10.9 Å². The number of amides is 1. The lowest BCUT2D eigenvalue weighted by Crippen LogP contribution is -2.37. The maximum Gasteiger partial charge on any atom is 0.220 e. The Morgan fingerprint density at radius 2 is 2.29 bits per heavy atom. The molecule has 0 saturated carbocycles. The first-order valence-corrected chi connectivity index (χ1v) is 6.96. The van der Waals surface area contributed by atoms with Gasteiger partial charge in [0.05, 0.1) is 0 Å². The Bertz CT molecular complexity index is 346. The fraction of sp³-hybridized carbons (Fsp3) is 0.545. The molecule has 1 heterocycles. The number of halogens is 2. The summed E-state index contributed by atoms with van der Waals surface area (Å²) < 4.78 is 1.09. The first kappa shape index (κ1) is 16.9. The second-order valence-corrected chi connectivity index (χ2v) is 5.64. The van der Waals surface area contributed by atoms with E-state index in [1.807, 2.05) is 19.4 Å². The summed E-state index contributed by atoms with van der Waals surface area (Å²) in [5.74, 6) is 0.117. The van der Waals surface area contributed by atoms with E-state index in [9.17, 15) is 4.79 Å². The second-order valence-electron chi connectivity index (χ2n) is 3.73. The summed E-state index contributed by atoms with van der Waals surface area (Å²) in [6.07, 6.45) is 1.37. The van der Waals surface area contributed by atoms with Crippen LogP contribution in [0.25, 0.3) is 0 Å². The first-order valence-electron chi connectivity index (χ1n) is 5.28. The van der Waals surface area contributed by atoms with Crippen LogP contribution in [0, 0.1) is 0 Å². The van der Waals surface area contributed by atoms with Gasteiger partial charge in [-0.15, -0.1) is 23.7 Å². The number of hydrogen-bond donors (Lipinski definition) is 2. The Labute approximate surface area is 121 Å². The van der Waals surface area contributed by atoms with E-state index in [0.29, 0.717) is 19.0 Å². The number of carbonyl (C=O) groups is 1. The van der Waals surface area contributed by atoms with Crippen LogP contribution >= 0.6 is 39.7 Å². The molecule has 0 aliphatic heterocycles. The van der Waals surface area contributed by atoms with Gasteiger partial charge in [0.15, 0.2) is 0 Å². The van der Waals surface area contributed by atoms with Crippen molar-refractivity contribution in [2.24, 2.45) is 0 Å². The van der Waals surface area contributed by atoms with Crippen molar-refractivity contribution >= 4 is 45.6 Å². The minimum Gasteiger partial charge on any atom is -0.355 e. The van der Waals surface area contributed by atoms with Gasteiger partial charge >= 0.3 is 0 Å². The number of aryl methyl sites for hydroxylation is 1. The molecule has 0 aliphatic carbocycles. The third-order valence-electron chi connectivity index (χ3n) is 2.32. The van der Waals surface area contributed by atoms with Gasteiger partial charge < -0.3 is 10.6 Å². The highest BCUT2D eigenvalue weighted by atomic mass is 79.9. The minimum atomic E-state index is 0. The van der Waals surface area contributed by atoms with Gasteiger partial charge in [0.1, 0.15) is 0 Å². The lowest BCUT2D eigenvalue weighted by atomic mass is 10.2. The van der Waals surface area contributed by atoms with Crippen molar-refractivity contribution in [2.75, 3.05) is 13.6 Å². The molecule has 17 heavy (non-hydrogen) atoms. The number of carbonyl (C=O) groups excluding carboxylic acids is 1. The maximum atomic E-state index is 11.5. The summed E-state index contributed by atoms with van der Waals surface area (Å²) in [5.41, 5.74) is 0. The molecule has 0 aromatic carbocycles. The zero-order valence-corrected chi connectivity index (χ0v) is 13.2. The van der Waals surface area contributed by atoms with Gasteiger partial charge in [-0.3, -0.25) is 4.79 Å². The zero-order chi connectivity index (χ0) is 12.0. The molecule has 98 valence electrons. The third-order valence-corrected chi connectivity index (χ3v) is 4.08. The third kappa shape index (κ3) is 7.03. The smallest absolute Gasteiger partial charge is 0.220 e. The Kier molecular flexibility index (Phi) is 8.86. The van der Waals surface area contributed by atoms with Gasteiger partial charge in [-0.2, -0.15) is 0 Å². The molecule has 1 atom stereocenters. The van der Waals surface area contributed by atoms with E-state index in [2.05, 4.69) is 32.6 Å². The molecule has 6 heteroatoms. The van der Waals surface area contributed by atoms with Crippen LogP contribution in [0.15, 0.2) is 15.9 Å². The van der Waals surface area contributed by atoms with Gasteiger partial charge in [0, 0.05) is 33.7 Å². The van der Waals surface area contributed by atoms with Crippen molar-refractivity contribution in [1.29, 1.82) is 0 Å². The molecular formula is C11H18BrClN2OS. The number of rotatable bonds is 6. The first-order chi connectivity index (χ1) is 7.61. The normalized spacial score (nSPS) is 11.7. The SMILES string of the molecule is CNC(C)CNC(=O)CCc1cc(Br)cs1.Cl. The Balaban J connectivity index is 0.00000256. The maximum absolute atomic E-state index is 11.5. The van der Waals surface area contributed by atoms with Gasteiger partial charge in [0.25, 0.3) is 0 Å². The molecule has 1 rings (SSSR count). The van der Waals surface area contributed by atoms with E-state index in [1.54, 1.807) is 11.3 Å². The molecule has 1 unspecified atom stereocenters. The standard InChI is InChI=1S/C11H17BrN2OS.ClH/c1-8(13-2)6-14-11(15)4-3-10-5-9(12)7-16-10;/h5,7-8,13H,3-4,6H2,1-2H3,(H,14,15);1H. The van der Waals surface area contributed by atoms with Crippen LogP contribution < -0.4 is 10.6 Å². The fourth-order valence-electron chi connectivity index (χ4n) is 1.18. The summed E-state index contributed by atoms with van der Waals surface area (Å²) in [6, 6.07) is 2.38. The summed E-state index contributed by atoms with van der Waals surface area (Å²) in [4.78, 5) is 12.7. The van der Waals surface area contributed by atoms with Crippen LogP contribution in [0.4, 0.5) is 0 Å². The average Bonchev–Trinajstić information content (AvgIpc) is 2.69. The highest BCUT2D eigenvalue weighted by Crippen LogP contribution is 2.20. The largest absolute Gasteiger partial charge is 0.355 e. The fourth-order valence-corrected chi connectivity index (χ4v) is 2.63. The lowest BCUT2D eigenvalue weighted by molar-refractivity contribution is -0.121. The zero-order valence-electron chi connectivity index (χ0n) is 9.96. The molecule has 0 radical (unpaired) electrons. The number of nitrogens with one attached hydrogen (secondary N) is 2. The van der Waals surface area contributed by atoms with E-state index in [-0.39, 0.29) is 18.3 Å². The average molecular weight is 342 g/mol. The molecular weight excluding hydrogens is 324 g/mol. The van der Waals surface area contributed by atoms with Crippen LogP contribution in [0.1, 0.15) is 18.2 Å². The Morgan fingerprint density at radius 1 is 1.59 bits per heavy atom. The molecule has 1 aromatic rings. The predicted octanol–water partition coefficient (Wildman–Crippen LogP) is 2.59. The Hall–Kier alpha value is -0.100. The molecule has 1 aromatic heterocycles. The quantitative estimate of drug-likeness (QED) is 0.835. The molecule has 0 aliphatic rings. The van der Waals surface area contributed by atoms with Crippen molar-refractivity contribution in [3.63, 3.8) is 0 Å². The van der Waals surface area contributed by atoms with Crippen LogP contribution in [0.5, 0.6) is 0 Å². The van der Waals surface area contributed by atoms with Crippen molar-refractivity contribution in [2.45, 2.75) is 25.8 Å². The van der Waals surface area contributed by atoms with E-state index in [4.69, 9.17) is 0 Å². The van der Waals surface area contributed by atoms with Gasteiger partial charge in [-0.25, -0.2) is 0 Å². The molecule has 0 fully saturated rings. The van der Waals surface area contributed by atoms with E-state index >= 15 is 0 Å². The molecule has 0 saturated heterocycles. The molecule has 0 bridgehead atoms. The molecule has 2 N–H and O–H groups in total. The van der Waals surface area contributed by atoms with Crippen molar-refractivity contribution in [1.82, 2.24) is 10.6 Å². The molecule has 0 spiro atoms.